The van der Waals surface area contributed by atoms with Crippen LogP contribution >= 0.6 is 0 Å². The summed E-state index contributed by atoms with van der Waals surface area (Å²) in [6.07, 6.45) is 1.23. The maximum atomic E-state index is 13.6. The van der Waals surface area contributed by atoms with Gasteiger partial charge in [0.2, 0.25) is 0 Å². The first kappa shape index (κ1) is 11.7. The van der Waals surface area contributed by atoms with Gasteiger partial charge in [-0.3, -0.25) is 4.79 Å². The van der Waals surface area contributed by atoms with Crippen molar-refractivity contribution in [3.8, 4) is 0 Å². The van der Waals surface area contributed by atoms with Gasteiger partial charge in [0.15, 0.2) is 11.6 Å². The van der Waals surface area contributed by atoms with Crippen molar-refractivity contribution in [1.29, 1.82) is 0 Å². The first-order chi connectivity index (χ1) is 8.09. The molecule has 1 aromatic rings. The quantitative estimate of drug-likeness (QED) is 0.798. The number of carboxylic acid groups (broad SMARTS) is 1. The van der Waals surface area contributed by atoms with E-state index >= 15 is 0 Å². The molecule has 0 bridgehead atoms. The number of nitrogens with one attached hydrogen (secondary N) is 1. The second-order valence-corrected chi connectivity index (χ2v) is 3.85. The Morgan fingerprint density at radius 1 is 1.59 bits per heavy atom. The third-order valence-electron chi connectivity index (χ3n) is 2.68. The van der Waals surface area contributed by atoms with Crippen LogP contribution < -0.4 is 5.32 Å². The van der Waals surface area contributed by atoms with Crippen molar-refractivity contribution in [2.24, 2.45) is 5.92 Å². The molecule has 1 fully saturated rings. The molecule has 92 valence electrons. The predicted octanol–water partition coefficient (Wildman–Crippen LogP) is 0.436. The summed E-state index contributed by atoms with van der Waals surface area (Å²) in [4.78, 5) is 18.4. The lowest BCUT2D eigenvalue weighted by atomic mass is 10.0. The third-order valence-corrected chi connectivity index (χ3v) is 2.68. The number of carboxylic acids is 1. The average Bonchev–Trinajstić information content (AvgIpc) is 2.73. The van der Waals surface area contributed by atoms with Crippen molar-refractivity contribution >= 4 is 11.8 Å². The number of aliphatic carboxylic acids is 1. The Morgan fingerprint density at radius 3 is 3.06 bits per heavy atom. The Hall–Kier alpha value is -1.76. The van der Waals surface area contributed by atoms with Gasteiger partial charge >= 0.3 is 5.97 Å². The number of carbonyl (C=O) groups is 1. The molecule has 0 amide bonds. The van der Waals surface area contributed by atoms with Crippen LogP contribution in [0, 0.1) is 18.7 Å². The van der Waals surface area contributed by atoms with E-state index in [2.05, 4.69) is 15.3 Å². The van der Waals surface area contributed by atoms with Gasteiger partial charge in [-0.1, -0.05) is 0 Å². The third kappa shape index (κ3) is 2.33. The van der Waals surface area contributed by atoms with Crippen molar-refractivity contribution in [3.63, 3.8) is 0 Å². The van der Waals surface area contributed by atoms with Crippen molar-refractivity contribution in [2.75, 3.05) is 18.5 Å². The topological polar surface area (TPSA) is 84.3 Å². The van der Waals surface area contributed by atoms with Crippen LogP contribution in [0.2, 0.25) is 0 Å². The number of nitrogens with zero attached hydrogens (tertiary/aromatic N) is 2. The summed E-state index contributed by atoms with van der Waals surface area (Å²) in [5.74, 6) is -2.21. The minimum absolute atomic E-state index is 0.0132. The zero-order valence-electron chi connectivity index (χ0n) is 9.18. The number of aryl methyl sites for hydroxylation is 1. The normalized spacial score (nSPS) is 23.6. The molecule has 1 aliphatic heterocycles. The first-order valence-electron chi connectivity index (χ1n) is 5.13. The highest BCUT2D eigenvalue weighted by Gasteiger charge is 2.34. The summed E-state index contributed by atoms with van der Waals surface area (Å²) < 4.78 is 18.7. The van der Waals surface area contributed by atoms with Gasteiger partial charge in [0.25, 0.3) is 0 Å². The summed E-state index contributed by atoms with van der Waals surface area (Å²) >= 11 is 0. The maximum absolute atomic E-state index is 13.6. The number of aromatic nitrogens is 2. The number of hydrogen-bond donors (Lipinski definition) is 2. The molecule has 6 nitrogen and oxygen atoms in total. The number of ether oxygens (including phenoxy) is 1. The Bertz CT molecular complexity index is 441. The second kappa shape index (κ2) is 4.62. The van der Waals surface area contributed by atoms with E-state index in [1.54, 1.807) is 0 Å². The van der Waals surface area contributed by atoms with Crippen LogP contribution in [0.15, 0.2) is 6.33 Å². The highest BCUT2D eigenvalue weighted by Crippen LogP contribution is 2.20. The molecule has 2 heterocycles. The van der Waals surface area contributed by atoms with Crippen LogP contribution in [-0.2, 0) is 9.53 Å². The van der Waals surface area contributed by atoms with Crippen molar-refractivity contribution < 1.29 is 19.0 Å². The van der Waals surface area contributed by atoms with Crippen molar-refractivity contribution in [1.82, 2.24) is 9.97 Å². The summed E-state index contributed by atoms with van der Waals surface area (Å²) in [5, 5.41) is 11.7. The van der Waals surface area contributed by atoms with Crippen LogP contribution in [0.5, 0.6) is 0 Å². The van der Waals surface area contributed by atoms with E-state index in [9.17, 15) is 9.18 Å². The number of halogens is 1. The van der Waals surface area contributed by atoms with Crippen molar-refractivity contribution in [2.45, 2.75) is 13.0 Å². The van der Waals surface area contributed by atoms with Gasteiger partial charge in [0, 0.05) is 0 Å². The van der Waals surface area contributed by atoms with Crippen LogP contribution in [-0.4, -0.2) is 40.3 Å². The molecule has 17 heavy (non-hydrogen) atoms. The minimum Gasteiger partial charge on any atom is -0.481 e. The molecule has 0 saturated carbocycles. The zero-order valence-corrected chi connectivity index (χ0v) is 9.18. The fourth-order valence-electron chi connectivity index (χ4n) is 1.67. The van der Waals surface area contributed by atoms with E-state index in [-0.39, 0.29) is 24.7 Å². The fourth-order valence-corrected chi connectivity index (χ4v) is 1.67. The molecule has 1 saturated heterocycles. The fraction of sp³-hybridized carbons (Fsp3) is 0.500. The van der Waals surface area contributed by atoms with Crippen LogP contribution in [0.4, 0.5) is 10.2 Å². The van der Waals surface area contributed by atoms with Gasteiger partial charge in [-0.15, -0.1) is 0 Å². The smallest absolute Gasteiger partial charge is 0.311 e. The average molecular weight is 241 g/mol. The van der Waals surface area contributed by atoms with E-state index in [1.807, 2.05) is 0 Å². The van der Waals surface area contributed by atoms with E-state index in [4.69, 9.17) is 9.84 Å². The Kier molecular flexibility index (Phi) is 3.19. The van der Waals surface area contributed by atoms with Gasteiger partial charge in [0.1, 0.15) is 12.2 Å². The maximum Gasteiger partial charge on any atom is 0.311 e. The SMILES string of the molecule is Cc1ncnc(NC2COCC2C(=O)O)c1F. The Balaban J connectivity index is 2.15. The molecule has 0 spiro atoms. The van der Waals surface area contributed by atoms with E-state index in [0.717, 1.165) is 0 Å². The number of anilines is 1. The molecule has 1 aliphatic rings. The van der Waals surface area contributed by atoms with E-state index in [0.29, 0.717) is 0 Å². The first-order valence-corrected chi connectivity index (χ1v) is 5.13. The zero-order chi connectivity index (χ0) is 12.4. The monoisotopic (exact) mass is 241 g/mol. The molecular weight excluding hydrogens is 229 g/mol. The summed E-state index contributed by atoms with van der Waals surface area (Å²) in [6, 6.07) is -0.476. The lowest BCUT2D eigenvalue weighted by Crippen LogP contribution is -2.33. The Morgan fingerprint density at radius 2 is 2.35 bits per heavy atom. The summed E-state index contributed by atoms with van der Waals surface area (Å²) in [5.41, 5.74) is 0.216. The van der Waals surface area contributed by atoms with Crippen molar-refractivity contribution in [3.05, 3.63) is 17.8 Å². The molecule has 0 radical (unpaired) electrons. The number of hydrogen-bond acceptors (Lipinski definition) is 5. The molecular formula is C10H12FN3O3. The molecule has 2 unspecified atom stereocenters. The summed E-state index contributed by atoms with van der Waals surface area (Å²) in [6.45, 7) is 1.86. The predicted molar refractivity (Wildman–Crippen MR) is 56.1 cm³/mol. The molecule has 2 rings (SSSR count). The highest BCUT2D eigenvalue weighted by atomic mass is 19.1. The van der Waals surface area contributed by atoms with Gasteiger partial charge in [-0.05, 0) is 6.92 Å². The highest BCUT2D eigenvalue weighted by molar-refractivity contribution is 5.72. The minimum atomic E-state index is -0.966. The lowest BCUT2D eigenvalue weighted by molar-refractivity contribution is -0.141. The van der Waals surface area contributed by atoms with Gasteiger partial charge in [0.05, 0.1) is 24.9 Å². The molecule has 1 aromatic heterocycles. The molecule has 0 aromatic carbocycles. The van der Waals surface area contributed by atoms with Gasteiger partial charge in [-0.2, -0.15) is 0 Å². The molecule has 2 N–H and O–H groups in total. The Labute approximate surface area is 96.8 Å². The standard InChI is InChI=1S/C10H12FN3O3/c1-5-8(11)9(13-4-12-5)14-7-3-17-2-6(7)10(15)16/h4,6-7H,2-3H2,1H3,(H,15,16)(H,12,13,14). The van der Waals surface area contributed by atoms with Crippen LogP contribution in [0.1, 0.15) is 5.69 Å². The lowest BCUT2D eigenvalue weighted by Gasteiger charge is -2.16. The van der Waals surface area contributed by atoms with Gasteiger partial charge in [-0.25, -0.2) is 14.4 Å². The van der Waals surface area contributed by atoms with E-state index < -0.39 is 23.7 Å². The van der Waals surface area contributed by atoms with Crippen LogP contribution in [0.3, 0.4) is 0 Å². The van der Waals surface area contributed by atoms with Crippen LogP contribution in [0.25, 0.3) is 0 Å². The second-order valence-electron chi connectivity index (χ2n) is 3.85. The van der Waals surface area contributed by atoms with E-state index in [1.165, 1.54) is 13.3 Å². The molecule has 0 aliphatic carbocycles. The molecule has 2 atom stereocenters. The largest absolute Gasteiger partial charge is 0.481 e. The van der Waals surface area contributed by atoms with Gasteiger partial charge < -0.3 is 15.2 Å². The number of rotatable bonds is 3. The summed E-state index contributed by atoms with van der Waals surface area (Å²) in [7, 11) is 0. The molecule has 7 heteroatoms.